The van der Waals surface area contributed by atoms with E-state index >= 15 is 0 Å². The lowest BCUT2D eigenvalue weighted by atomic mass is 9.94. The lowest BCUT2D eigenvalue weighted by Gasteiger charge is -2.23. The van der Waals surface area contributed by atoms with Gasteiger partial charge in [-0.3, -0.25) is 24.0 Å². The smallest absolute Gasteiger partial charge is 0.331 e. The summed E-state index contributed by atoms with van der Waals surface area (Å²) in [5, 5.41) is 2.78. The number of rotatable bonds is 40. The molecule has 14 heteroatoms. The van der Waals surface area contributed by atoms with Crippen molar-refractivity contribution in [2.24, 2.45) is 5.92 Å². The number of carbonyl (C=O) groups excluding carboxylic acids is 6. The molecule has 350 valence electrons. The monoisotopic (exact) mass is 858 g/mol. The Morgan fingerprint density at radius 2 is 0.933 bits per heavy atom. The minimum absolute atomic E-state index is 0.0188. The van der Waals surface area contributed by atoms with Gasteiger partial charge in [0.25, 0.3) is 0 Å². The highest BCUT2D eigenvalue weighted by Crippen LogP contribution is 2.21. The standard InChI is InChI=1S/C46H83NO13/c1-45(2,3)59-42(51)25-21-19-17-15-13-11-9-8-10-12-14-16-18-20-23-39(48)35-38(44(53)60-46(4,5)6)26-27-41(50)47-28-30-56-32-33-57-36-40(49)24-22-29-55-31-34-58-37-43(52)54-7/h38H,8-37H2,1-7H3,(H,47,50)/t38-/m1/s1. The predicted octanol–water partition coefficient (Wildman–Crippen LogP) is 7.97. The summed E-state index contributed by atoms with van der Waals surface area (Å²) in [6, 6.07) is 0. The van der Waals surface area contributed by atoms with Gasteiger partial charge in [0, 0.05) is 45.3 Å². The van der Waals surface area contributed by atoms with Gasteiger partial charge in [-0.1, -0.05) is 77.0 Å². The van der Waals surface area contributed by atoms with Crippen LogP contribution in [0.25, 0.3) is 0 Å². The minimum Gasteiger partial charge on any atom is -0.467 e. The van der Waals surface area contributed by atoms with Crippen molar-refractivity contribution < 1.29 is 61.9 Å². The van der Waals surface area contributed by atoms with Crippen molar-refractivity contribution in [3.05, 3.63) is 0 Å². The fourth-order valence-electron chi connectivity index (χ4n) is 6.11. The fourth-order valence-corrected chi connectivity index (χ4v) is 6.11. The van der Waals surface area contributed by atoms with E-state index in [1.165, 1.54) is 64.9 Å². The summed E-state index contributed by atoms with van der Waals surface area (Å²) >= 11 is 0. The highest BCUT2D eigenvalue weighted by Gasteiger charge is 2.27. The Bertz CT molecular complexity index is 1160. The van der Waals surface area contributed by atoms with Gasteiger partial charge < -0.3 is 38.5 Å². The maximum Gasteiger partial charge on any atom is 0.331 e. The number of methoxy groups -OCH3 is 1. The van der Waals surface area contributed by atoms with Gasteiger partial charge in [0.15, 0.2) is 5.78 Å². The van der Waals surface area contributed by atoms with E-state index in [2.05, 4.69) is 10.1 Å². The molecule has 0 aliphatic rings. The van der Waals surface area contributed by atoms with Gasteiger partial charge in [-0.25, -0.2) is 4.79 Å². The lowest BCUT2D eigenvalue weighted by Crippen LogP contribution is -2.32. The molecule has 0 radical (unpaired) electrons. The maximum atomic E-state index is 12.9. The number of carbonyl (C=O) groups is 6. The van der Waals surface area contributed by atoms with Crippen LogP contribution in [-0.4, -0.2) is 113 Å². The van der Waals surface area contributed by atoms with Crippen molar-refractivity contribution in [1.29, 1.82) is 0 Å². The van der Waals surface area contributed by atoms with Crippen LogP contribution in [0.4, 0.5) is 0 Å². The maximum absolute atomic E-state index is 12.9. The summed E-state index contributed by atoms with van der Waals surface area (Å²) in [6.45, 7) is 13.0. The zero-order valence-corrected chi connectivity index (χ0v) is 38.6. The molecular weight excluding hydrogens is 774 g/mol. The van der Waals surface area contributed by atoms with E-state index in [-0.39, 0.29) is 88.9 Å². The van der Waals surface area contributed by atoms with Crippen molar-refractivity contribution in [1.82, 2.24) is 5.32 Å². The molecule has 1 atom stereocenters. The summed E-state index contributed by atoms with van der Waals surface area (Å²) < 4.78 is 36.7. The molecule has 0 saturated heterocycles. The summed E-state index contributed by atoms with van der Waals surface area (Å²) in [4.78, 5) is 73.0. The molecule has 0 rings (SSSR count). The molecule has 0 aromatic rings. The molecule has 0 aromatic heterocycles. The number of Topliss-reactive ketones (excluding diaryl/α,β-unsaturated/α-hetero) is 2. The third-order valence-electron chi connectivity index (χ3n) is 9.21. The quantitative estimate of drug-likeness (QED) is 0.0357. The summed E-state index contributed by atoms with van der Waals surface area (Å²) in [7, 11) is 1.29. The van der Waals surface area contributed by atoms with Crippen molar-refractivity contribution in [2.45, 2.75) is 188 Å². The molecule has 0 bridgehead atoms. The molecule has 0 aliphatic carbocycles. The Morgan fingerprint density at radius 1 is 0.467 bits per heavy atom. The molecule has 0 aliphatic heterocycles. The molecular formula is C46H83NO13. The molecule has 60 heavy (non-hydrogen) atoms. The Morgan fingerprint density at radius 3 is 1.47 bits per heavy atom. The van der Waals surface area contributed by atoms with E-state index in [0.29, 0.717) is 38.9 Å². The van der Waals surface area contributed by atoms with Crippen LogP contribution < -0.4 is 5.32 Å². The Kier molecular flexibility index (Phi) is 34.9. The van der Waals surface area contributed by atoms with E-state index in [1.807, 2.05) is 20.8 Å². The van der Waals surface area contributed by atoms with E-state index < -0.39 is 29.1 Å². The highest BCUT2D eigenvalue weighted by molar-refractivity contribution is 5.85. The average molecular weight is 858 g/mol. The second-order valence-electron chi connectivity index (χ2n) is 17.4. The first-order chi connectivity index (χ1) is 28.5. The van der Waals surface area contributed by atoms with E-state index in [1.54, 1.807) is 20.8 Å². The largest absolute Gasteiger partial charge is 0.467 e. The number of hydrogen-bond donors (Lipinski definition) is 1. The van der Waals surface area contributed by atoms with Gasteiger partial charge in [0.1, 0.15) is 30.2 Å². The second-order valence-corrected chi connectivity index (χ2v) is 17.4. The summed E-state index contributed by atoms with van der Waals surface area (Å²) in [6.07, 6.45) is 18.1. The Labute approximate surface area is 361 Å². The van der Waals surface area contributed by atoms with Crippen LogP contribution in [0.3, 0.4) is 0 Å². The number of esters is 3. The highest BCUT2D eigenvalue weighted by atomic mass is 16.6. The number of nitrogens with one attached hydrogen (secondary N) is 1. The molecule has 14 nitrogen and oxygen atoms in total. The molecule has 1 amide bonds. The van der Waals surface area contributed by atoms with Crippen LogP contribution in [0.1, 0.15) is 176 Å². The topological polar surface area (TPSA) is 179 Å². The number of ketones is 2. The molecule has 0 aromatic carbocycles. The van der Waals surface area contributed by atoms with Gasteiger partial charge in [-0.2, -0.15) is 0 Å². The molecule has 0 fully saturated rings. The zero-order chi connectivity index (χ0) is 44.9. The van der Waals surface area contributed by atoms with E-state index in [4.69, 9.17) is 28.4 Å². The Hall–Kier alpha value is -2.94. The average Bonchev–Trinajstić information content (AvgIpc) is 3.16. The van der Waals surface area contributed by atoms with Gasteiger partial charge in [0.05, 0.1) is 46.1 Å². The normalized spacial score (nSPS) is 12.2. The number of hydrogen-bond acceptors (Lipinski definition) is 13. The summed E-state index contributed by atoms with van der Waals surface area (Å²) in [5.74, 6) is -1.92. The zero-order valence-electron chi connectivity index (χ0n) is 38.6. The van der Waals surface area contributed by atoms with Crippen molar-refractivity contribution >= 4 is 35.4 Å². The first-order valence-corrected chi connectivity index (χ1v) is 22.6. The molecule has 0 unspecified atom stereocenters. The van der Waals surface area contributed by atoms with Gasteiger partial charge in [0.2, 0.25) is 5.91 Å². The fraction of sp³-hybridized carbons (Fsp3) is 0.870. The second kappa shape index (κ2) is 36.7. The number of ether oxygens (including phenoxy) is 7. The van der Waals surface area contributed by atoms with Crippen molar-refractivity contribution in [2.75, 3.05) is 66.5 Å². The molecule has 0 heterocycles. The SMILES string of the molecule is COC(=O)COCCOCCCC(=O)COCCOCCNC(=O)CC[C@H](CC(=O)CCCCCCCCCCCCCCCCC(=O)OC(C)(C)C)C(=O)OC(C)(C)C. The van der Waals surface area contributed by atoms with E-state index in [0.717, 1.165) is 32.1 Å². The molecule has 0 saturated carbocycles. The predicted molar refractivity (Wildman–Crippen MR) is 230 cm³/mol. The minimum atomic E-state index is -0.694. The van der Waals surface area contributed by atoms with Crippen molar-refractivity contribution in [3.8, 4) is 0 Å². The van der Waals surface area contributed by atoms with Gasteiger partial charge >= 0.3 is 17.9 Å². The van der Waals surface area contributed by atoms with Gasteiger partial charge in [-0.05, 0) is 67.2 Å². The first kappa shape index (κ1) is 57.1. The Balaban J connectivity index is 4.00. The van der Waals surface area contributed by atoms with Crippen LogP contribution in [-0.2, 0) is 61.9 Å². The van der Waals surface area contributed by atoms with Crippen LogP contribution in [0.5, 0.6) is 0 Å². The van der Waals surface area contributed by atoms with Crippen LogP contribution >= 0.6 is 0 Å². The van der Waals surface area contributed by atoms with Crippen LogP contribution in [0.15, 0.2) is 0 Å². The van der Waals surface area contributed by atoms with Crippen molar-refractivity contribution in [3.63, 3.8) is 0 Å². The number of amides is 1. The first-order valence-electron chi connectivity index (χ1n) is 22.6. The summed E-state index contributed by atoms with van der Waals surface area (Å²) in [5.41, 5.74) is -1.10. The molecule has 0 spiro atoms. The van der Waals surface area contributed by atoms with Gasteiger partial charge in [-0.15, -0.1) is 0 Å². The number of unbranched alkanes of at least 4 members (excludes halogenated alkanes) is 13. The van der Waals surface area contributed by atoms with E-state index in [9.17, 15) is 28.8 Å². The van der Waals surface area contributed by atoms with Crippen LogP contribution in [0, 0.1) is 5.92 Å². The van der Waals surface area contributed by atoms with Crippen LogP contribution in [0.2, 0.25) is 0 Å². The lowest BCUT2D eigenvalue weighted by molar-refractivity contribution is -0.161. The third kappa shape index (κ3) is 40.5. The molecule has 1 N–H and O–H groups in total. The third-order valence-corrected chi connectivity index (χ3v) is 9.21.